The Morgan fingerprint density at radius 1 is 1.53 bits per heavy atom. The van der Waals surface area contributed by atoms with E-state index < -0.39 is 10.0 Å². The van der Waals surface area contributed by atoms with Gasteiger partial charge >= 0.3 is 0 Å². The Labute approximate surface area is 120 Å². The molecule has 1 saturated heterocycles. The maximum Gasteiger partial charge on any atom is 0.262 e. The second-order valence-electron chi connectivity index (χ2n) is 4.51. The molecule has 1 aliphatic rings. The number of hydrogen-bond acceptors (Lipinski definition) is 4. The average Bonchev–Trinajstić information content (AvgIpc) is 2.97. The lowest BCUT2D eigenvalue weighted by atomic mass is 10.2. The summed E-state index contributed by atoms with van der Waals surface area (Å²) >= 11 is 0. The maximum absolute atomic E-state index is 12.5. The van der Waals surface area contributed by atoms with E-state index in [4.69, 9.17) is 0 Å². The zero-order chi connectivity index (χ0) is 13.2. The predicted octanol–water partition coefficient (Wildman–Crippen LogP) is 0.697. The SMILES string of the molecule is CCn1cnc(S(=O)(=O)N2CCCC2CNC)c1.Cl. The van der Waals surface area contributed by atoms with Gasteiger partial charge in [-0.2, -0.15) is 4.31 Å². The van der Waals surface area contributed by atoms with Gasteiger partial charge in [-0.25, -0.2) is 13.4 Å². The summed E-state index contributed by atoms with van der Waals surface area (Å²) in [5.74, 6) is 0. The molecule has 2 heterocycles. The van der Waals surface area contributed by atoms with Crippen LogP contribution in [0, 0.1) is 0 Å². The molecule has 0 amide bonds. The lowest BCUT2D eigenvalue weighted by Gasteiger charge is -2.22. The Morgan fingerprint density at radius 3 is 2.84 bits per heavy atom. The summed E-state index contributed by atoms with van der Waals surface area (Å²) in [7, 11) is -1.60. The molecule has 0 spiro atoms. The summed E-state index contributed by atoms with van der Waals surface area (Å²) < 4.78 is 28.3. The molecule has 1 aromatic heterocycles. The summed E-state index contributed by atoms with van der Waals surface area (Å²) in [4.78, 5) is 4.01. The Hall–Kier alpha value is -0.630. The molecule has 0 aromatic carbocycles. The summed E-state index contributed by atoms with van der Waals surface area (Å²) in [6, 6.07) is 0.0479. The molecule has 6 nitrogen and oxygen atoms in total. The van der Waals surface area contributed by atoms with Gasteiger partial charge in [0.2, 0.25) is 0 Å². The minimum atomic E-state index is -3.44. The largest absolute Gasteiger partial charge is 0.336 e. The number of nitrogens with zero attached hydrogens (tertiary/aromatic N) is 3. The molecule has 1 aliphatic heterocycles. The van der Waals surface area contributed by atoms with Gasteiger partial charge in [-0.3, -0.25) is 0 Å². The zero-order valence-corrected chi connectivity index (χ0v) is 12.9. The second kappa shape index (κ2) is 6.69. The summed E-state index contributed by atoms with van der Waals surface area (Å²) in [6.07, 6.45) is 4.99. The predicted molar refractivity (Wildman–Crippen MR) is 76.0 cm³/mol. The van der Waals surface area contributed by atoms with Crippen LogP contribution < -0.4 is 5.32 Å². The standard InChI is InChI=1S/C11H20N4O2S.ClH/c1-3-14-8-11(13-9-14)18(16,17)15-6-4-5-10(15)7-12-2;/h8-10,12H,3-7H2,1-2H3;1H. The van der Waals surface area contributed by atoms with Crippen molar-refractivity contribution in [1.29, 1.82) is 0 Å². The highest BCUT2D eigenvalue weighted by Crippen LogP contribution is 2.24. The summed E-state index contributed by atoms with van der Waals surface area (Å²) in [5.41, 5.74) is 0. The van der Waals surface area contributed by atoms with E-state index in [0.29, 0.717) is 13.1 Å². The first-order valence-corrected chi connectivity index (χ1v) is 7.71. The van der Waals surface area contributed by atoms with Gasteiger partial charge in [0.25, 0.3) is 10.0 Å². The molecule has 1 atom stereocenters. The molecule has 0 saturated carbocycles. The normalized spacial score (nSPS) is 20.4. The minimum Gasteiger partial charge on any atom is -0.336 e. The lowest BCUT2D eigenvalue weighted by molar-refractivity contribution is 0.378. The van der Waals surface area contributed by atoms with Gasteiger partial charge < -0.3 is 9.88 Å². The molecule has 1 N–H and O–H groups in total. The fourth-order valence-electron chi connectivity index (χ4n) is 2.33. The third-order valence-corrected chi connectivity index (χ3v) is 5.15. The molecule has 8 heteroatoms. The van der Waals surface area contributed by atoms with Gasteiger partial charge in [-0.1, -0.05) is 0 Å². The highest BCUT2D eigenvalue weighted by Gasteiger charge is 2.35. The molecular weight excluding hydrogens is 288 g/mol. The van der Waals surface area contributed by atoms with E-state index in [1.807, 2.05) is 14.0 Å². The molecule has 19 heavy (non-hydrogen) atoms. The van der Waals surface area contributed by atoms with E-state index in [0.717, 1.165) is 19.4 Å². The van der Waals surface area contributed by atoms with Crippen LogP contribution in [0.15, 0.2) is 17.6 Å². The average molecular weight is 309 g/mol. The fourth-order valence-corrected chi connectivity index (χ4v) is 3.96. The highest BCUT2D eigenvalue weighted by molar-refractivity contribution is 7.89. The van der Waals surface area contributed by atoms with E-state index >= 15 is 0 Å². The van der Waals surface area contributed by atoms with Crippen LogP contribution in [-0.2, 0) is 16.6 Å². The molecule has 0 radical (unpaired) electrons. The number of aromatic nitrogens is 2. The first-order valence-electron chi connectivity index (χ1n) is 6.27. The first kappa shape index (κ1) is 16.4. The van der Waals surface area contributed by atoms with Crippen LogP contribution in [0.2, 0.25) is 0 Å². The molecular formula is C11H21ClN4O2S. The van der Waals surface area contributed by atoms with Crippen molar-refractivity contribution >= 4 is 22.4 Å². The van der Waals surface area contributed by atoms with Crippen molar-refractivity contribution in [2.45, 2.75) is 37.4 Å². The molecule has 0 aliphatic carbocycles. The van der Waals surface area contributed by atoms with Crippen LogP contribution in [-0.4, -0.2) is 48.5 Å². The zero-order valence-electron chi connectivity index (χ0n) is 11.2. The highest BCUT2D eigenvalue weighted by atomic mass is 35.5. The first-order chi connectivity index (χ1) is 8.59. The van der Waals surface area contributed by atoms with Crippen molar-refractivity contribution in [3.8, 4) is 0 Å². The number of aryl methyl sites for hydroxylation is 1. The van der Waals surface area contributed by atoms with Crippen molar-refractivity contribution in [2.24, 2.45) is 0 Å². The molecule has 0 bridgehead atoms. The van der Waals surface area contributed by atoms with E-state index in [2.05, 4.69) is 10.3 Å². The minimum absolute atomic E-state index is 0. The van der Waals surface area contributed by atoms with E-state index in [-0.39, 0.29) is 23.5 Å². The number of sulfonamides is 1. The maximum atomic E-state index is 12.5. The number of halogens is 1. The molecule has 110 valence electrons. The Bertz CT molecular complexity index is 503. The van der Waals surface area contributed by atoms with Crippen molar-refractivity contribution in [3.63, 3.8) is 0 Å². The fraction of sp³-hybridized carbons (Fsp3) is 0.727. The second-order valence-corrected chi connectivity index (χ2v) is 6.35. The third-order valence-electron chi connectivity index (χ3n) is 3.31. The monoisotopic (exact) mass is 308 g/mol. The van der Waals surface area contributed by atoms with Crippen LogP contribution in [0.1, 0.15) is 19.8 Å². The number of hydrogen-bond donors (Lipinski definition) is 1. The van der Waals surface area contributed by atoms with Gasteiger partial charge in [0, 0.05) is 31.9 Å². The Kier molecular flexibility index (Phi) is 5.79. The van der Waals surface area contributed by atoms with Gasteiger partial charge in [0.1, 0.15) is 0 Å². The van der Waals surface area contributed by atoms with Crippen molar-refractivity contribution in [2.75, 3.05) is 20.1 Å². The molecule has 2 rings (SSSR count). The molecule has 1 aromatic rings. The quantitative estimate of drug-likeness (QED) is 0.869. The van der Waals surface area contributed by atoms with Gasteiger partial charge in [0.05, 0.1) is 6.33 Å². The van der Waals surface area contributed by atoms with Crippen LogP contribution in [0.4, 0.5) is 0 Å². The number of rotatable bonds is 5. The lowest BCUT2D eigenvalue weighted by Crippen LogP contribution is -2.40. The topological polar surface area (TPSA) is 67.2 Å². The van der Waals surface area contributed by atoms with E-state index in [9.17, 15) is 8.42 Å². The van der Waals surface area contributed by atoms with E-state index in [1.54, 1.807) is 21.4 Å². The Morgan fingerprint density at radius 2 is 2.26 bits per heavy atom. The van der Waals surface area contributed by atoms with Gasteiger partial charge in [-0.05, 0) is 26.8 Å². The van der Waals surface area contributed by atoms with Crippen LogP contribution in [0.3, 0.4) is 0 Å². The third kappa shape index (κ3) is 3.28. The van der Waals surface area contributed by atoms with Crippen LogP contribution >= 0.6 is 12.4 Å². The summed E-state index contributed by atoms with van der Waals surface area (Å²) in [6.45, 7) is 3.96. The van der Waals surface area contributed by atoms with Crippen LogP contribution in [0.5, 0.6) is 0 Å². The van der Waals surface area contributed by atoms with Crippen molar-refractivity contribution in [1.82, 2.24) is 19.2 Å². The van der Waals surface area contributed by atoms with Crippen molar-refractivity contribution < 1.29 is 8.42 Å². The number of likely N-dealkylation sites (N-methyl/N-ethyl adjacent to an activating group) is 1. The smallest absolute Gasteiger partial charge is 0.262 e. The number of nitrogens with one attached hydrogen (secondary N) is 1. The summed E-state index contributed by atoms with van der Waals surface area (Å²) in [5, 5.41) is 3.21. The van der Waals surface area contributed by atoms with Crippen molar-refractivity contribution in [3.05, 3.63) is 12.5 Å². The Balaban J connectivity index is 0.00000180. The van der Waals surface area contributed by atoms with E-state index in [1.165, 1.54) is 0 Å². The van der Waals surface area contributed by atoms with Crippen LogP contribution in [0.25, 0.3) is 0 Å². The molecule has 1 fully saturated rings. The van der Waals surface area contributed by atoms with Gasteiger partial charge in [-0.15, -0.1) is 12.4 Å². The number of imidazole rings is 1. The molecule has 1 unspecified atom stereocenters. The van der Waals surface area contributed by atoms with Gasteiger partial charge in [0.15, 0.2) is 5.03 Å².